The maximum Gasteiger partial charge on any atom is 0.250 e. The van der Waals surface area contributed by atoms with Gasteiger partial charge in [0.2, 0.25) is 20.0 Å². The summed E-state index contributed by atoms with van der Waals surface area (Å²) in [6.07, 6.45) is 10.3. The Morgan fingerprint density at radius 1 is 0.852 bits per heavy atom. The summed E-state index contributed by atoms with van der Waals surface area (Å²) in [7, 11) is -7.40. The standard InChI is InChI=1S/C18H30N2O4S3/c1-2-16-17(26(21,22)19-14-9-5-3-6-10-14)13-18(25-16)27(23,24)20-15-11-7-4-8-12-15/h13-15,19-20H,2-12H2,1H3. The number of aryl methyl sites for hydroxylation is 1. The van der Waals surface area contributed by atoms with Gasteiger partial charge in [0.1, 0.15) is 4.21 Å². The van der Waals surface area contributed by atoms with Gasteiger partial charge in [0.15, 0.2) is 0 Å². The number of nitrogens with one attached hydrogen (secondary N) is 2. The van der Waals surface area contributed by atoms with Crippen molar-refractivity contribution in [1.82, 2.24) is 9.44 Å². The Hall–Kier alpha value is -0.480. The van der Waals surface area contributed by atoms with E-state index < -0.39 is 20.0 Å². The van der Waals surface area contributed by atoms with Gasteiger partial charge in [-0.1, -0.05) is 45.4 Å². The van der Waals surface area contributed by atoms with Gasteiger partial charge in [-0.2, -0.15) is 0 Å². The molecule has 0 radical (unpaired) electrons. The zero-order valence-electron chi connectivity index (χ0n) is 15.9. The number of thiophene rings is 1. The smallest absolute Gasteiger partial charge is 0.208 e. The summed E-state index contributed by atoms with van der Waals surface area (Å²) in [5.74, 6) is 0. The Labute approximate surface area is 167 Å². The van der Waals surface area contributed by atoms with Crippen LogP contribution in [0.4, 0.5) is 0 Å². The van der Waals surface area contributed by atoms with Crippen LogP contribution in [0.2, 0.25) is 0 Å². The third-order valence-corrected chi connectivity index (χ3v) is 10.5. The topological polar surface area (TPSA) is 92.3 Å². The Kier molecular flexibility index (Phi) is 7.00. The van der Waals surface area contributed by atoms with Crippen LogP contribution in [0.3, 0.4) is 0 Å². The summed E-state index contributed by atoms with van der Waals surface area (Å²) < 4.78 is 57.0. The molecule has 2 saturated carbocycles. The maximum absolute atomic E-state index is 12.9. The first-order valence-corrected chi connectivity index (χ1v) is 13.8. The average Bonchev–Trinajstić information content (AvgIpc) is 3.09. The molecule has 9 heteroatoms. The van der Waals surface area contributed by atoms with E-state index in [9.17, 15) is 16.8 Å². The SMILES string of the molecule is CCc1sc(S(=O)(=O)NC2CCCCC2)cc1S(=O)(=O)NC1CCCCC1. The third kappa shape index (κ3) is 5.32. The molecule has 6 nitrogen and oxygen atoms in total. The predicted octanol–water partition coefficient (Wildman–Crippen LogP) is 3.53. The molecule has 0 aliphatic heterocycles. The van der Waals surface area contributed by atoms with Crippen molar-refractivity contribution >= 4 is 31.4 Å². The highest BCUT2D eigenvalue weighted by Gasteiger charge is 2.30. The van der Waals surface area contributed by atoms with Crippen LogP contribution in [0.1, 0.15) is 76.0 Å². The summed E-state index contributed by atoms with van der Waals surface area (Å²) in [5, 5.41) is 0. The second-order valence-corrected chi connectivity index (χ2v) is 12.4. The van der Waals surface area contributed by atoms with Crippen molar-refractivity contribution in [2.45, 2.75) is 98.7 Å². The van der Waals surface area contributed by atoms with E-state index in [1.165, 1.54) is 6.07 Å². The molecule has 27 heavy (non-hydrogen) atoms. The maximum atomic E-state index is 12.9. The van der Waals surface area contributed by atoms with Gasteiger partial charge in [0.25, 0.3) is 0 Å². The molecule has 2 aliphatic carbocycles. The molecule has 2 N–H and O–H groups in total. The van der Waals surface area contributed by atoms with Crippen molar-refractivity contribution in [1.29, 1.82) is 0 Å². The van der Waals surface area contributed by atoms with Crippen LogP contribution in [0.5, 0.6) is 0 Å². The van der Waals surface area contributed by atoms with Gasteiger partial charge in [0, 0.05) is 17.0 Å². The van der Waals surface area contributed by atoms with E-state index in [0.29, 0.717) is 11.3 Å². The highest BCUT2D eigenvalue weighted by Crippen LogP contribution is 2.32. The average molecular weight is 435 g/mol. The fourth-order valence-electron chi connectivity index (χ4n) is 4.00. The van der Waals surface area contributed by atoms with Crippen molar-refractivity contribution < 1.29 is 16.8 Å². The van der Waals surface area contributed by atoms with Crippen LogP contribution in [0.15, 0.2) is 15.2 Å². The van der Waals surface area contributed by atoms with Crippen molar-refractivity contribution in [2.75, 3.05) is 0 Å². The minimum absolute atomic E-state index is 0.0450. The van der Waals surface area contributed by atoms with Crippen LogP contribution in [0.25, 0.3) is 0 Å². The molecule has 0 spiro atoms. The van der Waals surface area contributed by atoms with Gasteiger partial charge in [-0.15, -0.1) is 11.3 Å². The highest BCUT2D eigenvalue weighted by atomic mass is 32.2. The molecule has 0 amide bonds. The van der Waals surface area contributed by atoms with E-state index in [4.69, 9.17) is 0 Å². The van der Waals surface area contributed by atoms with E-state index in [0.717, 1.165) is 75.5 Å². The first-order valence-electron chi connectivity index (χ1n) is 9.99. The molecule has 2 aliphatic rings. The first-order chi connectivity index (χ1) is 12.8. The lowest BCUT2D eigenvalue weighted by Crippen LogP contribution is -2.36. The summed E-state index contributed by atoms with van der Waals surface area (Å²) >= 11 is 1.07. The number of rotatable bonds is 7. The molecule has 2 fully saturated rings. The van der Waals surface area contributed by atoms with Crippen LogP contribution < -0.4 is 9.44 Å². The molecular weight excluding hydrogens is 404 g/mol. The van der Waals surface area contributed by atoms with Crippen LogP contribution in [-0.2, 0) is 26.5 Å². The normalized spacial score (nSPS) is 20.8. The fraction of sp³-hybridized carbons (Fsp3) is 0.778. The number of sulfonamides is 2. The second kappa shape index (κ2) is 8.90. The Bertz CT molecular complexity index is 834. The van der Waals surface area contributed by atoms with Gasteiger partial charge in [-0.05, 0) is 38.2 Å². The van der Waals surface area contributed by atoms with Crippen molar-refractivity contribution in [3.8, 4) is 0 Å². The number of hydrogen-bond acceptors (Lipinski definition) is 5. The quantitative estimate of drug-likeness (QED) is 0.687. The summed E-state index contributed by atoms with van der Waals surface area (Å²) in [5.41, 5.74) is 0. The van der Waals surface area contributed by atoms with E-state index >= 15 is 0 Å². The lowest BCUT2D eigenvalue weighted by atomic mass is 9.96. The van der Waals surface area contributed by atoms with Gasteiger partial charge in [0.05, 0.1) is 4.90 Å². The van der Waals surface area contributed by atoms with Crippen molar-refractivity contribution in [3.63, 3.8) is 0 Å². The highest BCUT2D eigenvalue weighted by molar-refractivity contribution is 7.92. The zero-order chi connectivity index (χ0) is 19.5. The molecular formula is C18H30N2O4S3. The van der Waals surface area contributed by atoms with Crippen molar-refractivity contribution in [2.24, 2.45) is 0 Å². The lowest BCUT2D eigenvalue weighted by Gasteiger charge is -2.22. The molecule has 1 aromatic rings. The first kappa shape index (κ1) is 21.2. The summed E-state index contributed by atoms with van der Waals surface area (Å²) in [6, 6.07) is 1.25. The molecule has 0 atom stereocenters. The molecule has 0 bridgehead atoms. The lowest BCUT2D eigenvalue weighted by molar-refractivity contribution is 0.412. The van der Waals surface area contributed by atoms with Gasteiger partial charge in [-0.3, -0.25) is 0 Å². The summed E-state index contributed by atoms with van der Waals surface area (Å²) in [6.45, 7) is 1.86. The van der Waals surface area contributed by atoms with Gasteiger partial charge < -0.3 is 0 Å². The molecule has 154 valence electrons. The largest absolute Gasteiger partial charge is 0.250 e. The Morgan fingerprint density at radius 3 is 1.81 bits per heavy atom. The molecule has 0 unspecified atom stereocenters. The second-order valence-electron chi connectivity index (χ2n) is 7.62. The zero-order valence-corrected chi connectivity index (χ0v) is 18.3. The Morgan fingerprint density at radius 2 is 1.33 bits per heavy atom. The summed E-state index contributed by atoms with van der Waals surface area (Å²) in [4.78, 5) is 0.729. The van der Waals surface area contributed by atoms with Crippen LogP contribution in [-0.4, -0.2) is 28.9 Å². The molecule has 1 aromatic heterocycles. The predicted molar refractivity (Wildman–Crippen MR) is 108 cm³/mol. The monoisotopic (exact) mass is 434 g/mol. The van der Waals surface area contributed by atoms with E-state index in [1.807, 2.05) is 6.92 Å². The van der Waals surface area contributed by atoms with Crippen molar-refractivity contribution in [3.05, 3.63) is 10.9 Å². The molecule has 1 heterocycles. The molecule has 3 rings (SSSR count). The van der Waals surface area contributed by atoms with E-state index in [1.54, 1.807) is 0 Å². The minimum Gasteiger partial charge on any atom is -0.208 e. The van der Waals surface area contributed by atoms with Gasteiger partial charge >= 0.3 is 0 Å². The molecule has 0 saturated heterocycles. The van der Waals surface area contributed by atoms with E-state index in [-0.39, 0.29) is 21.2 Å². The van der Waals surface area contributed by atoms with Crippen LogP contribution >= 0.6 is 11.3 Å². The Balaban J connectivity index is 1.81. The van der Waals surface area contributed by atoms with E-state index in [2.05, 4.69) is 9.44 Å². The fourth-order valence-corrected chi connectivity index (χ4v) is 8.79. The molecule has 0 aromatic carbocycles. The van der Waals surface area contributed by atoms with Crippen LogP contribution in [0, 0.1) is 0 Å². The number of hydrogen-bond donors (Lipinski definition) is 2. The minimum atomic E-state index is -3.71. The third-order valence-electron chi connectivity index (χ3n) is 5.48. The van der Waals surface area contributed by atoms with Gasteiger partial charge in [-0.25, -0.2) is 26.3 Å².